The standard InChI is InChI=1S/C23H19Br2N3O2/c1-13-4-6-19(7-5-13)28-14(2)8-17(15(28)3)12-26-27-23(29)21-10-16-9-18(24)11-20(25)22(16)30-21/h4-12H,1-3H3,(H,27,29)/b26-12+. The summed E-state index contributed by atoms with van der Waals surface area (Å²) >= 11 is 6.88. The molecule has 0 atom stereocenters. The summed E-state index contributed by atoms with van der Waals surface area (Å²) in [6.45, 7) is 6.15. The van der Waals surface area contributed by atoms with Gasteiger partial charge < -0.3 is 8.98 Å². The number of aryl methyl sites for hydroxylation is 2. The molecule has 0 aliphatic carbocycles. The Balaban J connectivity index is 1.53. The largest absolute Gasteiger partial charge is 0.450 e. The number of amides is 1. The number of aromatic nitrogens is 1. The van der Waals surface area contributed by atoms with Crippen molar-refractivity contribution in [1.29, 1.82) is 0 Å². The summed E-state index contributed by atoms with van der Waals surface area (Å²) in [7, 11) is 0. The lowest BCUT2D eigenvalue weighted by Gasteiger charge is -2.09. The molecule has 2 heterocycles. The predicted octanol–water partition coefficient (Wildman–Crippen LogP) is 6.44. The molecule has 0 saturated carbocycles. The molecule has 1 N–H and O–H groups in total. The van der Waals surface area contributed by atoms with Crippen LogP contribution in [-0.2, 0) is 0 Å². The number of nitrogens with zero attached hydrogens (tertiary/aromatic N) is 2. The van der Waals surface area contributed by atoms with Crippen LogP contribution in [0.5, 0.6) is 0 Å². The zero-order valence-electron chi connectivity index (χ0n) is 16.7. The fraction of sp³-hybridized carbons (Fsp3) is 0.130. The molecule has 4 rings (SSSR count). The van der Waals surface area contributed by atoms with E-state index in [9.17, 15) is 4.79 Å². The maximum Gasteiger partial charge on any atom is 0.307 e. The van der Waals surface area contributed by atoms with Crippen LogP contribution in [0.4, 0.5) is 0 Å². The van der Waals surface area contributed by atoms with E-state index >= 15 is 0 Å². The summed E-state index contributed by atoms with van der Waals surface area (Å²) in [4.78, 5) is 12.5. The minimum absolute atomic E-state index is 0.200. The van der Waals surface area contributed by atoms with Crippen LogP contribution in [0.1, 0.15) is 33.1 Å². The van der Waals surface area contributed by atoms with Crippen molar-refractivity contribution >= 4 is 55.0 Å². The molecule has 30 heavy (non-hydrogen) atoms. The molecule has 0 unspecified atom stereocenters. The third-order valence-electron chi connectivity index (χ3n) is 4.89. The maximum atomic E-state index is 12.5. The number of hydrazone groups is 1. The van der Waals surface area contributed by atoms with Gasteiger partial charge in [0, 0.05) is 32.5 Å². The normalized spacial score (nSPS) is 11.5. The van der Waals surface area contributed by atoms with Gasteiger partial charge in [0.05, 0.1) is 10.7 Å². The van der Waals surface area contributed by atoms with Gasteiger partial charge in [0.1, 0.15) is 5.58 Å². The summed E-state index contributed by atoms with van der Waals surface area (Å²) in [5.74, 6) is -0.205. The van der Waals surface area contributed by atoms with Gasteiger partial charge >= 0.3 is 5.91 Å². The highest BCUT2D eigenvalue weighted by Gasteiger charge is 2.14. The molecule has 0 saturated heterocycles. The quantitative estimate of drug-likeness (QED) is 0.245. The van der Waals surface area contributed by atoms with E-state index in [2.05, 4.69) is 78.1 Å². The van der Waals surface area contributed by atoms with Crippen LogP contribution >= 0.6 is 31.9 Å². The average molecular weight is 529 g/mol. The van der Waals surface area contributed by atoms with Crippen LogP contribution in [0.25, 0.3) is 16.7 Å². The Morgan fingerprint density at radius 1 is 1.07 bits per heavy atom. The Morgan fingerprint density at radius 2 is 1.80 bits per heavy atom. The van der Waals surface area contributed by atoms with Crippen molar-refractivity contribution in [2.24, 2.45) is 5.10 Å². The molecule has 0 aliphatic heterocycles. The molecule has 2 aromatic heterocycles. The summed E-state index contributed by atoms with van der Waals surface area (Å²) in [6, 6.07) is 15.9. The van der Waals surface area contributed by atoms with Gasteiger partial charge in [-0.3, -0.25) is 4.79 Å². The number of hydrogen-bond donors (Lipinski definition) is 1. The smallest absolute Gasteiger partial charge is 0.307 e. The minimum Gasteiger partial charge on any atom is -0.450 e. The molecule has 0 bridgehead atoms. The molecule has 152 valence electrons. The summed E-state index contributed by atoms with van der Waals surface area (Å²) in [5.41, 5.74) is 8.56. The van der Waals surface area contributed by atoms with Gasteiger partial charge in [-0.1, -0.05) is 33.6 Å². The van der Waals surface area contributed by atoms with Crippen LogP contribution in [0.2, 0.25) is 0 Å². The lowest BCUT2D eigenvalue weighted by molar-refractivity contribution is 0.0929. The number of benzene rings is 2. The van der Waals surface area contributed by atoms with Gasteiger partial charge in [-0.25, -0.2) is 5.43 Å². The zero-order chi connectivity index (χ0) is 21.4. The van der Waals surface area contributed by atoms with Gasteiger partial charge in [0.15, 0.2) is 5.76 Å². The second-order valence-corrected chi connectivity index (χ2v) is 8.88. The van der Waals surface area contributed by atoms with Crippen LogP contribution < -0.4 is 5.43 Å². The van der Waals surface area contributed by atoms with E-state index in [0.717, 1.165) is 37.0 Å². The summed E-state index contributed by atoms with van der Waals surface area (Å²) in [6.07, 6.45) is 1.65. The number of nitrogens with one attached hydrogen (secondary N) is 1. The molecule has 1 amide bonds. The maximum absolute atomic E-state index is 12.5. The first kappa shape index (κ1) is 20.6. The van der Waals surface area contributed by atoms with Crippen molar-refractivity contribution in [3.8, 4) is 5.69 Å². The van der Waals surface area contributed by atoms with Crippen molar-refractivity contribution in [1.82, 2.24) is 9.99 Å². The van der Waals surface area contributed by atoms with Crippen LogP contribution in [0.15, 0.2) is 67.0 Å². The molecular formula is C23H19Br2N3O2. The topological polar surface area (TPSA) is 59.5 Å². The van der Waals surface area contributed by atoms with Crippen molar-refractivity contribution in [3.05, 3.63) is 85.8 Å². The Hall–Kier alpha value is -2.64. The number of furan rings is 1. The number of carbonyl (C=O) groups excluding carboxylic acids is 1. The first-order chi connectivity index (χ1) is 14.3. The number of hydrogen-bond acceptors (Lipinski definition) is 3. The van der Waals surface area contributed by atoms with Gasteiger partial charge in [-0.2, -0.15) is 5.10 Å². The van der Waals surface area contributed by atoms with Gasteiger partial charge in [0.2, 0.25) is 0 Å². The Bertz CT molecular complexity index is 1280. The molecule has 0 spiro atoms. The van der Waals surface area contributed by atoms with Crippen LogP contribution in [0.3, 0.4) is 0 Å². The highest BCUT2D eigenvalue weighted by Crippen LogP contribution is 2.31. The number of fused-ring (bicyclic) bond motifs is 1. The molecule has 0 fully saturated rings. The molecule has 7 heteroatoms. The van der Waals surface area contributed by atoms with Gasteiger partial charge in [0.25, 0.3) is 0 Å². The van der Waals surface area contributed by atoms with E-state index in [0.29, 0.717) is 5.58 Å². The number of carbonyl (C=O) groups is 1. The van der Waals surface area contributed by atoms with Gasteiger partial charge in [-0.15, -0.1) is 0 Å². The molecule has 2 aromatic carbocycles. The average Bonchev–Trinajstić information content (AvgIpc) is 3.24. The van der Waals surface area contributed by atoms with E-state index in [1.54, 1.807) is 12.3 Å². The van der Waals surface area contributed by atoms with Gasteiger partial charge in [-0.05, 0) is 73.1 Å². The first-order valence-electron chi connectivity index (χ1n) is 9.31. The Morgan fingerprint density at radius 3 is 2.53 bits per heavy atom. The van der Waals surface area contributed by atoms with E-state index in [4.69, 9.17) is 4.42 Å². The Kier molecular flexibility index (Phi) is 5.66. The number of rotatable bonds is 4. The first-order valence-corrected chi connectivity index (χ1v) is 10.9. The molecule has 0 radical (unpaired) electrons. The third kappa shape index (κ3) is 4.00. The Labute approximate surface area is 191 Å². The van der Waals surface area contributed by atoms with Crippen molar-refractivity contribution in [3.63, 3.8) is 0 Å². The second kappa shape index (κ2) is 8.24. The highest BCUT2D eigenvalue weighted by molar-refractivity contribution is 9.11. The fourth-order valence-electron chi connectivity index (χ4n) is 3.41. The number of halogens is 2. The highest BCUT2D eigenvalue weighted by atomic mass is 79.9. The zero-order valence-corrected chi connectivity index (χ0v) is 19.8. The summed E-state index contributed by atoms with van der Waals surface area (Å²) < 4.78 is 9.51. The third-order valence-corrected chi connectivity index (χ3v) is 5.94. The lowest BCUT2D eigenvalue weighted by Crippen LogP contribution is -2.16. The monoisotopic (exact) mass is 527 g/mol. The molecule has 5 nitrogen and oxygen atoms in total. The lowest BCUT2D eigenvalue weighted by atomic mass is 10.2. The van der Waals surface area contributed by atoms with Crippen molar-refractivity contribution < 1.29 is 9.21 Å². The molecule has 4 aromatic rings. The minimum atomic E-state index is -0.405. The predicted molar refractivity (Wildman–Crippen MR) is 127 cm³/mol. The SMILES string of the molecule is Cc1ccc(-n2c(C)cc(/C=N/NC(=O)c3cc4cc(Br)cc(Br)c4o3)c2C)cc1. The van der Waals surface area contributed by atoms with Crippen molar-refractivity contribution in [2.75, 3.05) is 0 Å². The van der Waals surface area contributed by atoms with Crippen molar-refractivity contribution in [2.45, 2.75) is 20.8 Å². The molecular weight excluding hydrogens is 510 g/mol. The van der Waals surface area contributed by atoms with E-state index in [1.165, 1.54) is 5.56 Å². The van der Waals surface area contributed by atoms with E-state index < -0.39 is 5.91 Å². The van der Waals surface area contributed by atoms with E-state index in [1.807, 2.05) is 32.0 Å². The summed E-state index contributed by atoms with van der Waals surface area (Å²) in [5, 5.41) is 4.96. The molecule has 0 aliphatic rings. The van der Waals surface area contributed by atoms with E-state index in [-0.39, 0.29) is 5.76 Å². The van der Waals surface area contributed by atoms with Crippen LogP contribution in [0, 0.1) is 20.8 Å². The fourth-order valence-corrected chi connectivity index (χ4v) is 4.75. The van der Waals surface area contributed by atoms with Crippen LogP contribution in [-0.4, -0.2) is 16.7 Å². The second-order valence-electron chi connectivity index (χ2n) is 7.11.